The summed E-state index contributed by atoms with van der Waals surface area (Å²) in [6.45, 7) is 1.32. The van der Waals surface area contributed by atoms with Crippen molar-refractivity contribution >= 4 is 35.2 Å². The van der Waals surface area contributed by atoms with Crippen LogP contribution in [0, 0.1) is 0 Å². The van der Waals surface area contributed by atoms with Crippen LogP contribution in [-0.4, -0.2) is 56.8 Å². The zero-order valence-corrected chi connectivity index (χ0v) is 18.5. The number of rotatable bonds is 9. The van der Waals surface area contributed by atoms with Crippen molar-refractivity contribution in [3.05, 3.63) is 59.1 Å². The van der Waals surface area contributed by atoms with Gasteiger partial charge in [0.1, 0.15) is 5.75 Å². The van der Waals surface area contributed by atoms with Crippen molar-refractivity contribution in [2.75, 3.05) is 40.0 Å². The molecule has 0 aromatic heterocycles. The van der Waals surface area contributed by atoms with E-state index in [-0.39, 0.29) is 12.5 Å². The lowest BCUT2D eigenvalue weighted by molar-refractivity contribution is -0.127. The first-order valence-corrected chi connectivity index (χ1v) is 10.6. The van der Waals surface area contributed by atoms with Crippen LogP contribution in [0.2, 0.25) is 5.02 Å². The summed E-state index contributed by atoms with van der Waals surface area (Å²) < 4.78 is 5.18. The minimum absolute atomic E-state index is 0.0225. The van der Waals surface area contributed by atoms with E-state index < -0.39 is 0 Å². The average Bonchev–Trinajstić information content (AvgIpc) is 2.73. The van der Waals surface area contributed by atoms with Crippen molar-refractivity contribution in [1.29, 1.82) is 0 Å². The maximum atomic E-state index is 11.9. The molecule has 0 aliphatic carbocycles. The van der Waals surface area contributed by atoms with Gasteiger partial charge in [0.05, 0.1) is 25.2 Å². The molecule has 0 saturated heterocycles. The molecule has 29 heavy (non-hydrogen) atoms. The van der Waals surface area contributed by atoms with Crippen molar-refractivity contribution in [3.63, 3.8) is 0 Å². The second-order valence-electron chi connectivity index (χ2n) is 6.36. The monoisotopic (exact) mass is 434 g/mol. The van der Waals surface area contributed by atoms with Crippen molar-refractivity contribution < 1.29 is 9.53 Å². The van der Waals surface area contributed by atoms with Crippen LogP contribution in [0.1, 0.15) is 5.56 Å². The topological polar surface area (TPSA) is 66.0 Å². The molecule has 0 heterocycles. The Labute approximate surface area is 181 Å². The Hall–Kier alpha value is -2.38. The fourth-order valence-electron chi connectivity index (χ4n) is 2.33. The van der Waals surface area contributed by atoms with Gasteiger partial charge >= 0.3 is 0 Å². The predicted molar refractivity (Wildman–Crippen MR) is 121 cm³/mol. The molecule has 0 aliphatic heterocycles. The van der Waals surface area contributed by atoms with Gasteiger partial charge in [-0.25, -0.2) is 4.99 Å². The largest absolute Gasteiger partial charge is 0.495 e. The normalized spacial score (nSPS) is 11.1. The lowest BCUT2D eigenvalue weighted by Crippen LogP contribution is -2.43. The number of aliphatic imine (C=N–C) groups is 1. The fraction of sp³-hybridized carbons (Fsp3) is 0.333. The Kier molecular flexibility index (Phi) is 9.67. The predicted octanol–water partition coefficient (Wildman–Crippen LogP) is 3.26. The Morgan fingerprint density at radius 1 is 1.17 bits per heavy atom. The number of carbonyl (C=O) groups is 1. The molecule has 0 bridgehead atoms. The number of benzene rings is 2. The molecule has 2 aromatic carbocycles. The van der Waals surface area contributed by atoms with Crippen LogP contribution in [0.15, 0.2) is 58.4 Å². The van der Waals surface area contributed by atoms with Crippen LogP contribution < -0.4 is 15.4 Å². The summed E-state index contributed by atoms with van der Waals surface area (Å²) in [7, 11) is 5.04. The smallest absolute Gasteiger partial charge is 0.241 e. The number of thioether (sulfide) groups is 1. The number of ether oxygens (including phenoxy) is 1. The third-order valence-electron chi connectivity index (χ3n) is 3.95. The SMILES string of the molecule is COc1ccc(CN=C(NCCSc2ccccc2)NCC(=O)N(C)C)cc1Cl. The van der Waals surface area contributed by atoms with E-state index in [1.165, 1.54) is 4.90 Å². The van der Waals surface area contributed by atoms with Gasteiger partial charge < -0.3 is 20.3 Å². The van der Waals surface area contributed by atoms with Gasteiger partial charge in [-0.05, 0) is 29.8 Å². The molecule has 0 atom stereocenters. The first kappa shape index (κ1) is 22.9. The molecule has 2 rings (SSSR count). The maximum Gasteiger partial charge on any atom is 0.241 e. The summed E-state index contributed by atoms with van der Waals surface area (Å²) in [5.74, 6) is 2.07. The van der Waals surface area contributed by atoms with Gasteiger partial charge in [0.2, 0.25) is 5.91 Å². The van der Waals surface area contributed by atoms with Gasteiger partial charge in [0.25, 0.3) is 0 Å². The van der Waals surface area contributed by atoms with Crippen molar-refractivity contribution in [1.82, 2.24) is 15.5 Å². The highest BCUT2D eigenvalue weighted by atomic mass is 35.5. The number of guanidine groups is 1. The summed E-state index contributed by atoms with van der Waals surface area (Å²) in [4.78, 5) is 19.2. The number of methoxy groups -OCH3 is 1. The zero-order valence-electron chi connectivity index (χ0n) is 16.9. The molecular weight excluding hydrogens is 408 g/mol. The number of hydrogen-bond donors (Lipinski definition) is 2. The molecule has 0 fully saturated rings. The third-order valence-corrected chi connectivity index (χ3v) is 5.26. The summed E-state index contributed by atoms with van der Waals surface area (Å²) >= 11 is 7.95. The Morgan fingerprint density at radius 2 is 1.93 bits per heavy atom. The van der Waals surface area contributed by atoms with Crippen LogP contribution in [0.3, 0.4) is 0 Å². The summed E-state index contributed by atoms with van der Waals surface area (Å²) in [5.41, 5.74) is 0.953. The molecule has 2 N–H and O–H groups in total. The molecule has 0 aliphatic rings. The highest BCUT2D eigenvalue weighted by Gasteiger charge is 2.07. The van der Waals surface area contributed by atoms with Crippen LogP contribution in [-0.2, 0) is 11.3 Å². The Balaban J connectivity index is 1.94. The quantitative estimate of drug-likeness (QED) is 0.274. The van der Waals surface area contributed by atoms with Gasteiger partial charge in [-0.15, -0.1) is 11.8 Å². The minimum Gasteiger partial charge on any atom is -0.495 e. The number of nitrogens with zero attached hydrogens (tertiary/aromatic N) is 2. The number of likely N-dealkylation sites (N-methyl/N-ethyl adjacent to an activating group) is 1. The number of amides is 1. The van der Waals surface area contributed by atoms with Gasteiger partial charge in [0.15, 0.2) is 5.96 Å². The first-order chi connectivity index (χ1) is 14.0. The first-order valence-electron chi connectivity index (χ1n) is 9.22. The highest BCUT2D eigenvalue weighted by Crippen LogP contribution is 2.25. The summed E-state index contributed by atoms with van der Waals surface area (Å²) in [6.07, 6.45) is 0. The number of carbonyl (C=O) groups excluding carboxylic acids is 1. The Morgan fingerprint density at radius 3 is 2.59 bits per heavy atom. The van der Waals surface area contributed by atoms with Gasteiger partial charge in [0, 0.05) is 31.3 Å². The highest BCUT2D eigenvalue weighted by molar-refractivity contribution is 7.99. The molecule has 0 radical (unpaired) electrons. The van der Waals surface area contributed by atoms with Crippen LogP contribution in [0.25, 0.3) is 0 Å². The van der Waals surface area contributed by atoms with E-state index >= 15 is 0 Å². The van der Waals surface area contributed by atoms with Gasteiger partial charge in [-0.1, -0.05) is 35.9 Å². The second kappa shape index (κ2) is 12.2. The minimum atomic E-state index is -0.0225. The summed E-state index contributed by atoms with van der Waals surface area (Å²) in [5, 5.41) is 6.92. The number of hydrogen-bond acceptors (Lipinski definition) is 4. The zero-order chi connectivity index (χ0) is 21.1. The van der Waals surface area contributed by atoms with E-state index in [2.05, 4.69) is 27.8 Å². The molecule has 6 nitrogen and oxygen atoms in total. The standard InChI is InChI=1S/C21H27ClN4O2S/c1-26(2)20(27)15-25-21(23-11-12-29-17-7-5-4-6-8-17)24-14-16-9-10-19(28-3)18(22)13-16/h4-10,13H,11-12,14-15H2,1-3H3,(H2,23,24,25). The van der Waals surface area contributed by atoms with E-state index in [0.717, 1.165) is 11.3 Å². The van der Waals surface area contributed by atoms with Crippen LogP contribution in [0.4, 0.5) is 0 Å². The molecule has 0 unspecified atom stereocenters. The van der Waals surface area contributed by atoms with E-state index in [1.54, 1.807) is 37.9 Å². The fourth-order valence-corrected chi connectivity index (χ4v) is 3.40. The summed E-state index contributed by atoms with van der Waals surface area (Å²) in [6, 6.07) is 15.8. The van der Waals surface area contributed by atoms with Crippen LogP contribution in [0.5, 0.6) is 5.75 Å². The Bertz CT molecular complexity index is 816. The molecule has 8 heteroatoms. The number of nitrogens with one attached hydrogen (secondary N) is 2. The molecule has 1 amide bonds. The van der Waals surface area contributed by atoms with Crippen LogP contribution >= 0.6 is 23.4 Å². The van der Waals surface area contributed by atoms with Gasteiger partial charge in [-0.2, -0.15) is 0 Å². The van der Waals surface area contributed by atoms with Crippen molar-refractivity contribution in [3.8, 4) is 5.75 Å². The lowest BCUT2D eigenvalue weighted by atomic mass is 10.2. The molecular formula is C21H27ClN4O2S. The maximum absolute atomic E-state index is 11.9. The van der Waals surface area contributed by atoms with E-state index in [9.17, 15) is 4.79 Å². The van der Waals surface area contributed by atoms with E-state index in [1.807, 2.05) is 36.4 Å². The average molecular weight is 435 g/mol. The molecule has 2 aromatic rings. The van der Waals surface area contributed by atoms with E-state index in [0.29, 0.717) is 29.8 Å². The molecule has 0 saturated carbocycles. The third kappa shape index (κ3) is 8.25. The lowest BCUT2D eigenvalue weighted by Gasteiger charge is -2.15. The van der Waals surface area contributed by atoms with E-state index in [4.69, 9.17) is 16.3 Å². The van der Waals surface area contributed by atoms with Crippen molar-refractivity contribution in [2.24, 2.45) is 4.99 Å². The van der Waals surface area contributed by atoms with Gasteiger partial charge in [-0.3, -0.25) is 4.79 Å². The number of halogens is 1. The van der Waals surface area contributed by atoms with Crippen molar-refractivity contribution in [2.45, 2.75) is 11.4 Å². The molecule has 0 spiro atoms. The molecule has 156 valence electrons. The second-order valence-corrected chi connectivity index (χ2v) is 7.94.